The maximum Gasteiger partial charge on any atom is 0.365 e. The zero-order valence-corrected chi connectivity index (χ0v) is 24.1. The Morgan fingerprint density at radius 3 is 2.41 bits per heavy atom. The SMILES string of the molecule is CCOC(=O)C(C)(C)NP(=O)(COC(C)Cn1cnc2c(N)ncnc21)ON=C(CC(C)C)CC(C)C. The Morgan fingerprint density at radius 2 is 1.81 bits per heavy atom. The van der Waals surface area contributed by atoms with Gasteiger partial charge in [0, 0.05) is 0 Å². The van der Waals surface area contributed by atoms with Crippen LogP contribution in [0.3, 0.4) is 0 Å². The van der Waals surface area contributed by atoms with Crippen molar-refractivity contribution in [1.29, 1.82) is 0 Å². The van der Waals surface area contributed by atoms with Crippen molar-refractivity contribution in [2.24, 2.45) is 17.0 Å². The van der Waals surface area contributed by atoms with Crippen LogP contribution >= 0.6 is 7.52 Å². The first-order chi connectivity index (χ1) is 17.3. The van der Waals surface area contributed by atoms with E-state index in [0.717, 1.165) is 5.71 Å². The lowest BCUT2D eigenvalue weighted by atomic mass is 9.99. The van der Waals surface area contributed by atoms with Gasteiger partial charge in [-0.25, -0.2) is 20.0 Å². The van der Waals surface area contributed by atoms with Crippen LogP contribution in [-0.4, -0.2) is 55.8 Å². The zero-order valence-electron chi connectivity index (χ0n) is 23.2. The third kappa shape index (κ3) is 9.36. The van der Waals surface area contributed by atoms with E-state index < -0.39 is 25.1 Å². The van der Waals surface area contributed by atoms with Crippen molar-refractivity contribution in [3.63, 3.8) is 0 Å². The van der Waals surface area contributed by atoms with Crippen molar-refractivity contribution in [3.8, 4) is 0 Å². The molecule has 208 valence electrons. The van der Waals surface area contributed by atoms with Crippen LogP contribution < -0.4 is 10.8 Å². The number of anilines is 1. The number of esters is 1. The number of hydrogen-bond acceptors (Lipinski definition) is 10. The number of oxime groups is 1. The predicted octanol–water partition coefficient (Wildman–Crippen LogP) is 4.36. The molecule has 0 bridgehead atoms. The van der Waals surface area contributed by atoms with Gasteiger partial charge in [0.2, 0.25) is 0 Å². The second-order valence-electron chi connectivity index (χ2n) is 10.5. The molecule has 0 aromatic carbocycles. The van der Waals surface area contributed by atoms with Crippen LogP contribution in [0.5, 0.6) is 0 Å². The second kappa shape index (κ2) is 13.3. The number of aromatic nitrogens is 4. The Bertz CT molecular complexity index is 1100. The molecular formula is C24H42N7O5P. The quantitative estimate of drug-likeness (QED) is 0.144. The van der Waals surface area contributed by atoms with E-state index >= 15 is 0 Å². The third-order valence-electron chi connectivity index (χ3n) is 5.24. The third-order valence-corrected chi connectivity index (χ3v) is 6.97. The molecular weight excluding hydrogens is 497 g/mol. The molecule has 0 spiro atoms. The van der Waals surface area contributed by atoms with E-state index in [0.29, 0.717) is 42.4 Å². The first kappa shape index (κ1) is 30.7. The number of nitrogen functional groups attached to an aromatic ring is 1. The standard InChI is InChI=1S/C24H42N7O5P/c1-9-34-23(32)24(7,8)30-37(33,36-29-19(10-16(2)3)11-17(4)5)15-35-18(6)12-31-14-28-20-21(25)26-13-27-22(20)31/h13-14,16-18H,9-12,15H2,1-8H3,(H,30,33)(H2,25,26,27). The molecule has 0 saturated carbocycles. The first-order valence-electron chi connectivity index (χ1n) is 12.6. The van der Waals surface area contributed by atoms with Gasteiger partial charge in [0.05, 0.1) is 31.3 Å². The van der Waals surface area contributed by atoms with Gasteiger partial charge in [-0.15, -0.1) is 0 Å². The van der Waals surface area contributed by atoms with Crippen molar-refractivity contribution < 1.29 is 23.5 Å². The molecule has 0 fully saturated rings. The molecule has 0 aliphatic heterocycles. The van der Waals surface area contributed by atoms with Crippen molar-refractivity contribution in [3.05, 3.63) is 12.7 Å². The number of nitrogens with two attached hydrogens (primary N) is 1. The minimum Gasteiger partial charge on any atom is -0.465 e. The van der Waals surface area contributed by atoms with Gasteiger partial charge in [-0.2, -0.15) is 0 Å². The van der Waals surface area contributed by atoms with Gasteiger partial charge in [-0.1, -0.05) is 32.9 Å². The molecule has 12 nitrogen and oxygen atoms in total. The highest BCUT2D eigenvalue weighted by molar-refractivity contribution is 7.56. The number of carbonyl (C=O) groups is 1. The molecule has 0 aliphatic rings. The minimum atomic E-state index is -3.79. The highest BCUT2D eigenvalue weighted by Crippen LogP contribution is 2.46. The molecule has 0 amide bonds. The van der Waals surface area contributed by atoms with Gasteiger partial charge in [0.25, 0.3) is 0 Å². The number of nitrogens with zero attached hydrogens (tertiary/aromatic N) is 5. The average molecular weight is 540 g/mol. The highest BCUT2D eigenvalue weighted by Gasteiger charge is 2.39. The normalized spacial score (nSPS) is 14.5. The Morgan fingerprint density at radius 1 is 1.16 bits per heavy atom. The molecule has 0 saturated heterocycles. The summed E-state index contributed by atoms with van der Waals surface area (Å²) >= 11 is 0. The molecule has 2 atom stereocenters. The number of imidazole rings is 1. The topological polar surface area (TPSA) is 156 Å². The fourth-order valence-corrected chi connectivity index (χ4v) is 5.46. The van der Waals surface area contributed by atoms with E-state index in [1.807, 2.05) is 6.92 Å². The van der Waals surface area contributed by atoms with Crippen molar-refractivity contribution >= 4 is 36.2 Å². The van der Waals surface area contributed by atoms with E-state index in [9.17, 15) is 9.36 Å². The molecule has 37 heavy (non-hydrogen) atoms. The number of hydrogen-bond donors (Lipinski definition) is 2. The lowest BCUT2D eigenvalue weighted by molar-refractivity contribution is -0.149. The summed E-state index contributed by atoms with van der Waals surface area (Å²) in [6, 6.07) is 0. The number of carbonyl (C=O) groups excluding carboxylic acids is 1. The molecule has 2 heterocycles. The lowest BCUT2D eigenvalue weighted by Crippen LogP contribution is -2.46. The Hall–Kier alpha value is -2.56. The molecule has 2 unspecified atom stereocenters. The Balaban J connectivity index is 2.22. The van der Waals surface area contributed by atoms with Gasteiger partial charge in [0.15, 0.2) is 11.5 Å². The summed E-state index contributed by atoms with van der Waals surface area (Å²) in [5, 5.41) is 7.12. The summed E-state index contributed by atoms with van der Waals surface area (Å²) in [6.07, 6.45) is 3.65. The monoisotopic (exact) mass is 539 g/mol. The van der Waals surface area contributed by atoms with Gasteiger partial charge >= 0.3 is 13.5 Å². The maximum absolute atomic E-state index is 13.9. The van der Waals surface area contributed by atoms with E-state index in [2.05, 4.69) is 52.9 Å². The molecule has 2 aromatic rings. The van der Waals surface area contributed by atoms with Crippen molar-refractivity contribution in [2.45, 2.75) is 86.4 Å². The summed E-state index contributed by atoms with van der Waals surface area (Å²) in [5.41, 5.74) is 6.45. The van der Waals surface area contributed by atoms with Crippen LogP contribution in [0.15, 0.2) is 17.8 Å². The number of ether oxygens (including phenoxy) is 2. The van der Waals surface area contributed by atoms with Crippen molar-refractivity contribution in [1.82, 2.24) is 24.6 Å². The van der Waals surface area contributed by atoms with Crippen LogP contribution in [0.4, 0.5) is 5.82 Å². The molecule has 2 aromatic heterocycles. The molecule has 2 rings (SSSR count). The van der Waals surface area contributed by atoms with Gasteiger partial charge in [0.1, 0.15) is 23.7 Å². The van der Waals surface area contributed by atoms with Crippen LogP contribution in [-0.2, 0) is 30.0 Å². The van der Waals surface area contributed by atoms with Gasteiger partial charge < -0.3 is 24.4 Å². The largest absolute Gasteiger partial charge is 0.465 e. The Labute approximate surface area is 219 Å². The van der Waals surface area contributed by atoms with Gasteiger partial charge in [-0.05, 0) is 52.4 Å². The van der Waals surface area contributed by atoms with Crippen molar-refractivity contribution in [2.75, 3.05) is 18.7 Å². The summed E-state index contributed by atoms with van der Waals surface area (Å²) in [7, 11) is -3.79. The minimum absolute atomic E-state index is 0.195. The van der Waals surface area contributed by atoms with Crippen LogP contribution in [0, 0.1) is 11.8 Å². The summed E-state index contributed by atoms with van der Waals surface area (Å²) in [5.74, 6) is 0.437. The smallest absolute Gasteiger partial charge is 0.365 e. The molecule has 0 radical (unpaired) electrons. The van der Waals surface area contributed by atoms with E-state index in [1.54, 1.807) is 31.7 Å². The van der Waals surface area contributed by atoms with Crippen LogP contribution in [0.2, 0.25) is 0 Å². The summed E-state index contributed by atoms with van der Waals surface area (Å²) < 4.78 is 32.5. The first-order valence-corrected chi connectivity index (χ1v) is 14.4. The fourth-order valence-electron chi connectivity index (χ4n) is 3.67. The van der Waals surface area contributed by atoms with Crippen LogP contribution in [0.25, 0.3) is 11.2 Å². The summed E-state index contributed by atoms with van der Waals surface area (Å²) in [6.45, 7) is 15.6. The molecule has 0 aliphatic carbocycles. The molecule has 13 heteroatoms. The van der Waals surface area contributed by atoms with E-state index in [4.69, 9.17) is 19.8 Å². The zero-order chi connectivity index (χ0) is 27.8. The van der Waals surface area contributed by atoms with Gasteiger partial charge in [-0.3, -0.25) is 9.36 Å². The Kier molecular flexibility index (Phi) is 11.0. The lowest BCUT2D eigenvalue weighted by Gasteiger charge is -2.29. The van der Waals surface area contributed by atoms with E-state index in [1.165, 1.54) is 6.33 Å². The maximum atomic E-state index is 13.9. The predicted molar refractivity (Wildman–Crippen MR) is 144 cm³/mol. The number of nitrogens with one attached hydrogen (secondary N) is 1. The fraction of sp³-hybridized carbons (Fsp3) is 0.708. The number of fused-ring (bicyclic) bond motifs is 1. The summed E-state index contributed by atoms with van der Waals surface area (Å²) in [4.78, 5) is 24.9. The average Bonchev–Trinajstić information content (AvgIpc) is 3.19. The molecule has 3 N–H and O–H groups in total. The van der Waals surface area contributed by atoms with Crippen LogP contribution in [0.1, 0.15) is 68.2 Å². The van der Waals surface area contributed by atoms with E-state index in [-0.39, 0.29) is 18.8 Å². The number of rotatable bonds is 15. The second-order valence-corrected chi connectivity index (χ2v) is 12.5. The highest BCUT2D eigenvalue weighted by atomic mass is 31.2.